The zero-order valence-corrected chi connectivity index (χ0v) is 12.3. The van der Waals surface area contributed by atoms with Gasteiger partial charge >= 0.3 is 0 Å². The highest BCUT2D eigenvalue weighted by Crippen LogP contribution is 2.22. The van der Waals surface area contributed by atoms with Crippen LogP contribution < -0.4 is 4.72 Å². The molecule has 0 saturated heterocycles. The van der Waals surface area contributed by atoms with Gasteiger partial charge in [0, 0.05) is 5.56 Å². The fourth-order valence-corrected chi connectivity index (χ4v) is 2.87. The fourth-order valence-electron chi connectivity index (χ4n) is 1.80. The zero-order chi connectivity index (χ0) is 16.3. The SMILES string of the molecule is CC(=O)c1ccc(S(=O)(=O)Nc2cccc(F)c2C#N)cc1. The van der Waals surface area contributed by atoms with Crippen molar-refractivity contribution < 1.29 is 17.6 Å². The van der Waals surface area contributed by atoms with Crippen LogP contribution in [0.25, 0.3) is 0 Å². The average molecular weight is 318 g/mol. The van der Waals surface area contributed by atoms with Crippen molar-refractivity contribution in [3.8, 4) is 6.07 Å². The Balaban J connectivity index is 2.38. The highest BCUT2D eigenvalue weighted by molar-refractivity contribution is 7.92. The summed E-state index contributed by atoms with van der Waals surface area (Å²) >= 11 is 0. The Bertz CT molecular complexity index is 869. The van der Waals surface area contributed by atoms with E-state index in [4.69, 9.17) is 5.26 Å². The van der Waals surface area contributed by atoms with Crippen LogP contribution in [0.3, 0.4) is 0 Å². The smallest absolute Gasteiger partial charge is 0.261 e. The van der Waals surface area contributed by atoms with Crippen LogP contribution in [0.15, 0.2) is 47.4 Å². The van der Waals surface area contributed by atoms with Gasteiger partial charge in [-0.3, -0.25) is 9.52 Å². The van der Waals surface area contributed by atoms with Crippen molar-refractivity contribution >= 4 is 21.5 Å². The lowest BCUT2D eigenvalue weighted by Gasteiger charge is -2.10. The molecule has 1 N–H and O–H groups in total. The number of halogens is 1. The lowest BCUT2D eigenvalue weighted by molar-refractivity contribution is 0.101. The van der Waals surface area contributed by atoms with Crippen LogP contribution in [0, 0.1) is 17.1 Å². The van der Waals surface area contributed by atoms with Gasteiger partial charge in [-0.1, -0.05) is 18.2 Å². The van der Waals surface area contributed by atoms with Gasteiger partial charge in [0.15, 0.2) is 5.78 Å². The van der Waals surface area contributed by atoms with Gasteiger partial charge < -0.3 is 0 Å². The quantitative estimate of drug-likeness (QED) is 0.878. The first-order valence-corrected chi connectivity index (χ1v) is 7.66. The minimum absolute atomic E-state index is 0.0920. The van der Waals surface area contributed by atoms with Crippen LogP contribution in [0.5, 0.6) is 0 Å². The third kappa shape index (κ3) is 3.13. The number of benzene rings is 2. The Morgan fingerprint density at radius 2 is 1.82 bits per heavy atom. The lowest BCUT2D eigenvalue weighted by Crippen LogP contribution is -2.14. The van der Waals surface area contributed by atoms with E-state index in [9.17, 15) is 17.6 Å². The summed E-state index contributed by atoms with van der Waals surface area (Å²) in [6, 6.07) is 10.6. The van der Waals surface area contributed by atoms with Crippen LogP contribution in [-0.2, 0) is 10.0 Å². The molecular weight excluding hydrogens is 307 g/mol. The molecule has 0 saturated carbocycles. The molecule has 0 amide bonds. The molecule has 0 unspecified atom stereocenters. The Hall–Kier alpha value is -2.72. The molecule has 2 rings (SSSR count). The second kappa shape index (κ2) is 5.95. The summed E-state index contributed by atoms with van der Waals surface area (Å²) in [7, 11) is -3.98. The Kier molecular flexibility index (Phi) is 4.24. The monoisotopic (exact) mass is 318 g/mol. The molecule has 7 heteroatoms. The molecule has 0 aliphatic rings. The molecule has 5 nitrogen and oxygen atoms in total. The number of sulfonamides is 1. The molecule has 0 bridgehead atoms. The average Bonchev–Trinajstić information content (AvgIpc) is 2.47. The lowest BCUT2D eigenvalue weighted by atomic mass is 10.2. The number of Topliss-reactive ketones (excluding diaryl/α,β-unsaturated/α-hetero) is 1. The van der Waals surface area contributed by atoms with Gasteiger partial charge in [0.1, 0.15) is 17.4 Å². The highest BCUT2D eigenvalue weighted by Gasteiger charge is 2.18. The maximum absolute atomic E-state index is 13.5. The van der Waals surface area contributed by atoms with Gasteiger partial charge in [0.25, 0.3) is 10.0 Å². The third-order valence-corrected chi connectivity index (χ3v) is 4.32. The van der Waals surface area contributed by atoms with Crippen molar-refractivity contribution in [2.75, 3.05) is 4.72 Å². The van der Waals surface area contributed by atoms with Crippen LogP contribution in [0.4, 0.5) is 10.1 Å². The second-order valence-electron chi connectivity index (χ2n) is 4.46. The van der Waals surface area contributed by atoms with Crippen LogP contribution in [-0.4, -0.2) is 14.2 Å². The van der Waals surface area contributed by atoms with E-state index in [0.29, 0.717) is 5.56 Å². The number of rotatable bonds is 4. The molecule has 0 spiro atoms. The van der Waals surface area contributed by atoms with E-state index in [-0.39, 0.29) is 21.9 Å². The Labute approximate surface area is 127 Å². The number of hydrogen-bond donors (Lipinski definition) is 1. The van der Waals surface area contributed by atoms with Crippen LogP contribution in [0.2, 0.25) is 0 Å². The van der Waals surface area contributed by atoms with Crippen molar-refractivity contribution in [1.82, 2.24) is 0 Å². The standard InChI is InChI=1S/C15H11FN2O3S/c1-10(19)11-5-7-12(8-6-11)22(20,21)18-15-4-2-3-14(16)13(15)9-17/h2-8,18H,1H3. The van der Waals surface area contributed by atoms with Crippen molar-refractivity contribution in [3.63, 3.8) is 0 Å². The maximum atomic E-state index is 13.5. The molecule has 0 fully saturated rings. The number of carbonyl (C=O) groups is 1. The van der Waals surface area contributed by atoms with E-state index in [1.54, 1.807) is 6.07 Å². The maximum Gasteiger partial charge on any atom is 0.261 e. The van der Waals surface area contributed by atoms with E-state index in [0.717, 1.165) is 6.07 Å². The summed E-state index contributed by atoms with van der Waals surface area (Å²) in [5, 5.41) is 8.90. The van der Waals surface area contributed by atoms with Gasteiger partial charge in [-0.05, 0) is 31.2 Å². The summed E-state index contributed by atoms with van der Waals surface area (Å²) in [4.78, 5) is 11.1. The van der Waals surface area contributed by atoms with Gasteiger partial charge in [-0.25, -0.2) is 12.8 Å². The number of nitrogens with zero attached hydrogens (tertiary/aromatic N) is 1. The summed E-state index contributed by atoms with van der Waals surface area (Å²) in [5.41, 5.74) is -0.146. The molecule has 0 aromatic heterocycles. The summed E-state index contributed by atoms with van der Waals surface area (Å²) < 4.78 is 40.1. The van der Waals surface area contributed by atoms with E-state index in [2.05, 4.69) is 4.72 Å². The molecule has 2 aromatic rings. The number of anilines is 1. The summed E-state index contributed by atoms with van der Waals surface area (Å²) in [5.74, 6) is -0.997. The number of ketones is 1. The highest BCUT2D eigenvalue weighted by atomic mass is 32.2. The van der Waals surface area contributed by atoms with E-state index < -0.39 is 15.8 Å². The zero-order valence-electron chi connectivity index (χ0n) is 11.5. The molecule has 0 radical (unpaired) electrons. The third-order valence-electron chi connectivity index (χ3n) is 2.94. The fraction of sp³-hybridized carbons (Fsp3) is 0.0667. The minimum atomic E-state index is -3.98. The largest absolute Gasteiger partial charge is 0.295 e. The van der Waals surface area contributed by atoms with E-state index in [1.165, 1.54) is 43.3 Å². The van der Waals surface area contributed by atoms with Crippen LogP contribution >= 0.6 is 0 Å². The molecule has 112 valence electrons. The first-order valence-electron chi connectivity index (χ1n) is 6.17. The van der Waals surface area contributed by atoms with Crippen molar-refractivity contribution in [1.29, 1.82) is 5.26 Å². The molecule has 22 heavy (non-hydrogen) atoms. The Morgan fingerprint density at radius 1 is 1.18 bits per heavy atom. The molecule has 2 aromatic carbocycles. The number of carbonyl (C=O) groups excluding carboxylic acids is 1. The Morgan fingerprint density at radius 3 is 2.36 bits per heavy atom. The summed E-state index contributed by atoms with van der Waals surface area (Å²) in [6.07, 6.45) is 0. The number of hydrogen-bond acceptors (Lipinski definition) is 4. The first kappa shape index (κ1) is 15.7. The minimum Gasteiger partial charge on any atom is -0.295 e. The van der Waals surface area contributed by atoms with E-state index >= 15 is 0 Å². The van der Waals surface area contributed by atoms with Crippen molar-refractivity contribution in [3.05, 3.63) is 59.4 Å². The van der Waals surface area contributed by atoms with Crippen molar-refractivity contribution in [2.24, 2.45) is 0 Å². The molecule has 0 aliphatic heterocycles. The topological polar surface area (TPSA) is 87.0 Å². The van der Waals surface area contributed by atoms with Gasteiger partial charge in [0.05, 0.1) is 10.6 Å². The van der Waals surface area contributed by atoms with E-state index in [1.807, 2.05) is 0 Å². The van der Waals surface area contributed by atoms with Crippen LogP contribution in [0.1, 0.15) is 22.8 Å². The number of nitriles is 1. The normalized spacial score (nSPS) is 10.8. The molecular formula is C15H11FN2O3S. The predicted octanol–water partition coefficient (Wildman–Crippen LogP) is 2.70. The van der Waals surface area contributed by atoms with Crippen molar-refractivity contribution in [2.45, 2.75) is 11.8 Å². The number of nitrogens with one attached hydrogen (secondary N) is 1. The molecule has 0 aliphatic carbocycles. The first-order chi connectivity index (χ1) is 10.3. The molecule has 0 heterocycles. The molecule has 0 atom stereocenters. The van der Waals surface area contributed by atoms with Gasteiger partial charge in [-0.2, -0.15) is 5.26 Å². The second-order valence-corrected chi connectivity index (χ2v) is 6.14. The van der Waals surface area contributed by atoms with Gasteiger partial charge in [-0.15, -0.1) is 0 Å². The van der Waals surface area contributed by atoms with Gasteiger partial charge in [0.2, 0.25) is 0 Å². The predicted molar refractivity (Wildman–Crippen MR) is 78.4 cm³/mol. The summed E-state index contributed by atoms with van der Waals surface area (Å²) in [6.45, 7) is 1.37.